The summed E-state index contributed by atoms with van der Waals surface area (Å²) in [7, 11) is 0. The van der Waals surface area contributed by atoms with E-state index in [0.29, 0.717) is 31.4 Å². The molecule has 0 saturated heterocycles. The van der Waals surface area contributed by atoms with Gasteiger partial charge in [-0.2, -0.15) is 0 Å². The second-order valence-corrected chi connectivity index (χ2v) is 4.18. The SMILES string of the molecule is CCOC(=O)CCCc1cc(F)ccc1[C@H](C)O. The van der Waals surface area contributed by atoms with E-state index in [0.717, 1.165) is 5.56 Å². The predicted octanol–water partition coefficient (Wildman–Crippen LogP) is 2.76. The Morgan fingerprint density at radius 1 is 1.50 bits per heavy atom. The van der Waals surface area contributed by atoms with Gasteiger partial charge in [0, 0.05) is 6.42 Å². The average Bonchev–Trinajstić information content (AvgIpc) is 2.29. The number of benzene rings is 1. The first-order valence-corrected chi connectivity index (χ1v) is 6.16. The van der Waals surface area contributed by atoms with Crippen molar-refractivity contribution < 1.29 is 19.0 Å². The lowest BCUT2D eigenvalue weighted by molar-refractivity contribution is -0.143. The Morgan fingerprint density at radius 2 is 2.22 bits per heavy atom. The van der Waals surface area contributed by atoms with Gasteiger partial charge in [0.15, 0.2) is 0 Å². The zero-order valence-electron chi connectivity index (χ0n) is 10.8. The Morgan fingerprint density at radius 3 is 2.83 bits per heavy atom. The molecule has 1 aromatic carbocycles. The summed E-state index contributed by atoms with van der Waals surface area (Å²) in [6, 6.07) is 4.32. The molecule has 0 heterocycles. The lowest BCUT2D eigenvalue weighted by atomic mass is 9.98. The summed E-state index contributed by atoms with van der Waals surface area (Å²) in [4.78, 5) is 11.2. The van der Waals surface area contributed by atoms with E-state index in [1.807, 2.05) is 0 Å². The topological polar surface area (TPSA) is 46.5 Å². The monoisotopic (exact) mass is 254 g/mol. The zero-order valence-corrected chi connectivity index (χ0v) is 10.8. The molecule has 0 unspecified atom stereocenters. The number of hydrogen-bond acceptors (Lipinski definition) is 3. The normalized spacial score (nSPS) is 12.2. The van der Waals surface area contributed by atoms with Gasteiger partial charge in [-0.05, 0) is 49.9 Å². The predicted molar refractivity (Wildman–Crippen MR) is 66.6 cm³/mol. The second kappa shape index (κ2) is 7.11. The number of hydrogen-bond donors (Lipinski definition) is 1. The van der Waals surface area contributed by atoms with Gasteiger partial charge in [-0.1, -0.05) is 6.07 Å². The molecule has 0 aliphatic rings. The smallest absolute Gasteiger partial charge is 0.305 e. The maximum Gasteiger partial charge on any atom is 0.305 e. The molecule has 0 aromatic heterocycles. The van der Waals surface area contributed by atoms with E-state index in [1.165, 1.54) is 12.1 Å². The van der Waals surface area contributed by atoms with Crippen LogP contribution in [-0.4, -0.2) is 17.7 Å². The van der Waals surface area contributed by atoms with E-state index in [2.05, 4.69) is 0 Å². The van der Waals surface area contributed by atoms with Crippen molar-refractivity contribution in [3.8, 4) is 0 Å². The van der Waals surface area contributed by atoms with Crippen LogP contribution in [-0.2, 0) is 16.0 Å². The van der Waals surface area contributed by atoms with E-state index in [4.69, 9.17) is 4.74 Å². The van der Waals surface area contributed by atoms with Gasteiger partial charge >= 0.3 is 5.97 Å². The number of rotatable bonds is 6. The van der Waals surface area contributed by atoms with E-state index in [-0.39, 0.29) is 11.8 Å². The number of aliphatic hydroxyl groups excluding tert-OH is 1. The van der Waals surface area contributed by atoms with E-state index < -0.39 is 6.10 Å². The van der Waals surface area contributed by atoms with Crippen LogP contribution in [0.3, 0.4) is 0 Å². The Bertz CT molecular complexity index is 402. The molecular formula is C14H19FO3. The van der Waals surface area contributed by atoms with Crippen molar-refractivity contribution in [3.05, 3.63) is 35.1 Å². The molecule has 18 heavy (non-hydrogen) atoms. The number of carbonyl (C=O) groups is 1. The molecule has 1 atom stereocenters. The van der Waals surface area contributed by atoms with Gasteiger partial charge in [-0.15, -0.1) is 0 Å². The maximum atomic E-state index is 13.1. The molecule has 4 heteroatoms. The van der Waals surface area contributed by atoms with Crippen molar-refractivity contribution in [3.63, 3.8) is 0 Å². The second-order valence-electron chi connectivity index (χ2n) is 4.18. The third-order valence-corrected chi connectivity index (χ3v) is 2.69. The fraction of sp³-hybridized carbons (Fsp3) is 0.500. The summed E-state index contributed by atoms with van der Waals surface area (Å²) in [5, 5.41) is 9.57. The standard InChI is InChI=1S/C14H19FO3/c1-3-18-14(17)6-4-5-11-9-12(15)7-8-13(11)10(2)16/h7-10,16H,3-6H2,1-2H3/t10-/m0/s1. The molecule has 0 bridgehead atoms. The minimum absolute atomic E-state index is 0.243. The number of aliphatic hydroxyl groups is 1. The fourth-order valence-electron chi connectivity index (χ4n) is 1.85. The average molecular weight is 254 g/mol. The zero-order chi connectivity index (χ0) is 13.5. The molecule has 1 rings (SSSR count). The van der Waals surface area contributed by atoms with Crippen molar-refractivity contribution in [2.45, 2.75) is 39.2 Å². The van der Waals surface area contributed by atoms with Gasteiger partial charge in [0.1, 0.15) is 5.82 Å². The van der Waals surface area contributed by atoms with E-state index in [1.54, 1.807) is 19.9 Å². The van der Waals surface area contributed by atoms with Gasteiger partial charge in [0.2, 0.25) is 0 Å². The van der Waals surface area contributed by atoms with Gasteiger partial charge < -0.3 is 9.84 Å². The van der Waals surface area contributed by atoms with Gasteiger partial charge in [-0.3, -0.25) is 4.79 Å². The number of carbonyl (C=O) groups excluding carboxylic acids is 1. The first-order chi connectivity index (χ1) is 8.54. The molecule has 1 aromatic rings. The van der Waals surface area contributed by atoms with Crippen LogP contribution in [0, 0.1) is 5.82 Å². The Kier molecular flexibility index (Phi) is 5.78. The summed E-state index contributed by atoms with van der Waals surface area (Å²) in [5.74, 6) is -0.571. The molecule has 1 N–H and O–H groups in total. The summed E-state index contributed by atoms with van der Waals surface area (Å²) in [6.07, 6.45) is 0.811. The molecular weight excluding hydrogens is 235 g/mol. The van der Waals surface area contributed by atoms with Crippen LogP contribution in [0.5, 0.6) is 0 Å². The minimum Gasteiger partial charge on any atom is -0.466 e. The maximum absolute atomic E-state index is 13.1. The molecule has 0 saturated carbocycles. The number of aryl methyl sites for hydroxylation is 1. The molecule has 0 aliphatic carbocycles. The van der Waals surface area contributed by atoms with Crippen LogP contribution in [0.1, 0.15) is 43.9 Å². The highest BCUT2D eigenvalue weighted by Gasteiger charge is 2.10. The molecule has 0 spiro atoms. The minimum atomic E-state index is -0.636. The van der Waals surface area contributed by atoms with Gasteiger partial charge in [0.25, 0.3) is 0 Å². The fourth-order valence-corrected chi connectivity index (χ4v) is 1.85. The van der Waals surface area contributed by atoms with Crippen molar-refractivity contribution in [1.29, 1.82) is 0 Å². The third kappa shape index (κ3) is 4.45. The Hall–Kier alpha value is -1.42. The third-order valence-electron chi connectivity index (χ3n) is 2.69. The van der Waals surface area contributed by atoms with Crippen LogP contribution < -0.4 is 0 Å². The van der Waals surface area contributed by atoms with E-state index >= 15 is 0 Å². The number of esters is 1. The van der Waals surface area contributed by atoms with Crippen molar-refractivity contribution in [2.24, 2.45) is 0 Å². The van der Waals surface area contributed by atoms with E-state index in [9.17, 15) is 14.3 Å². The summed E-state index contributed by atoms with van der Waals surface area (Å²) < 4.78 is 18.0. The van der Waals surface area contributed by atoms with Gasteiger partial charge in [-0.25, -0.2) is 4.39 Å². The van der Waals surface area contributed by atoms with Crippen molar-refractivity contribution in [1.82, 2.24) is 0 Å². The van der Waals surface area contributed by atoms with Gasteiger partial charge in [0.05, 0.1) is 12.7 Å². The van der Waals surface area contributed by atoms with Crippen LogP contribution in [0.15, 0.2) is 18.2 Å². The number of ether oxygens (including phenoxy) is 1. The highest BCUT2D eigenvalue weighted by molar-refractivity contribution is 5.69. The van der Waals surface area contributed by atoms with Crippen molar-refractivity contribution >= 4 is 5.97 Å². The molecule has 100 valence electrons. The lowest BCUT2D eigenvalue weighted by Gasteiger charge is -2.12. The lowest BCUT2D eigenvalue weighted by Crippen LogP contribution is -2.05. The van der Waals surface area contributed by atoms with Crippen LogP contribution in [0.25, 0.3) is 0 Å². The quantitative estimate of drug-likeness (QED) is 0.794. The molecule has 0 radical (unpaired) electrons. The molecule has 0 fully saturated rings. The molecule has 0 amide bonds. The Labute approximate surface area is 107 Å². The highest BCUT2D eigenvalue weighted by atomic mass is 19.1. The van der Waals surface area contributed by atoms with Crippen LogP contribution in [0.2, 0.25) is 0 Å². The number of halogens is 1. The summed E-state index contributed by atoms with van der Waals surface area (Å²) in [6.45, 7) is 3.77. The molecule has 3 nitrogen and oxygen atoms in total. The Balaban J connectivity index is 2.60. The highest BCUT2D eigenvalue weighted by Crippen LogP contribution is 2.20. The van der Waals surface area contributed by atoms with Crippen LogP contribution in [0.4, 0.5) is 4.39 Å². The molecule has 0 aliphatic heterocycles. The first-order valence-electron chi connectivity index (χ1n) is 6.16. The largest absolute Gasteiger partial charge is 0.466 e. The van der Waals surface area contributed by atoms with Crippen molar-refractivity contribution in [2.75, 3.05) is 6.61 Å². The summed E-state index contributed by atoms with van der Waals surface area (Å²) >= 11 is 0. The van der Waals surface area contributed by atoms with Crippen LogP contribution >= 0.6 is 0 Å². The first kappa shape index (κ1) is 14.6. The summed E-state index contributed by atoms with van der Waals surface area (Å²) in [5.41, 5.74) is 1.45.